The van der Waals surface area contributed by atoms with Crippen LogP contribution in [-0.4, -0.2) is 62.0 Å². The number of aryl methyl sites for hydroxylation is 2. The van der Waals surface area contributed by atoms with E-state index < -0.39 is 0 Å². The fourth-order valence-corrected chi connectivity index (χ4v) is 4.26. The molecule has 1 aromatic carbocycles. The Bertz CT molecular complexity index is 1090. The van der Waals surface area contributed by atoms with Crippen LogP contribution in [0.25, 0.3) is 5.69 Å². The van der Waals surface area contributed by atoms with E-state index in [4.69, 9.17) is 4.84 Å². The summed E-state index contributed by atoms with van der Waals surface area (Å²) in [5, 5.41) is 10.3. The summed E-state index contributed by atoms with van der Waals surface area (Å²) in [6, 6.07) is 8.00. The summed E-state index contributed by atoms with van der Waals surface area (Å²) in [5.41, 5.74) is 3.44. The number of amides is 1. The lowest BCUT2D eigenvalue weighted by Crippen LogP contribution is -2.36. The molecule has 2 fully saturated rings. The van der Waals surface area contributed by atoms with Gasteiger partial charge in [-0.25, -0.2) is 15.0 Å². The summed E-state index contributed by atoms with van der Waals surface area (Å²) < 4.78 is 0. The van der Waals surface area contributed by atoms with Gasteiger partial charge >= 0.3 is 0 Å². The molecule has 0 N–H and O–H groups in total. The van der Waals surface area contributed by atoms with Crippen LogP contribution in [0.3, 0.4) is 0 Å². The smallest absolute Gasteiger partial charge is 0.256 e. The van der Waals surface area contributed by atoms with Crippen molar-refractivity contribution in [2.45, 2.75) is 39.0 Å². The number of carbonyl (C=O) groups excluding carboxylic acids is 1. The number of rotatable bonds is 4. The highest BCUT2D eigenvalue weighted by Crippen LogP contribution is 2.37. The standard InChI is InChI=1S/C23H27N7O2/c1-16-14-22(27-17(2)26-16)29-11-10-28(12-13-32-29)23(31)20-15-19(18-4-3-5-18)6-7-21(20)30-24-8-9-25-30/h6-9,14-15,18H,3-5,10-13H2,1-2H3. The first kappa shape index (κ1) is 20.6. The number of nitrogens with zero attached hydrogens (tertiary/aromatic N) is 7. The van der Waals surface area contributed by atoms with E-state index in [1.54, 1.807) is 17.5 Å². The number of hydroxylamine groups is 1. The predicted molar refractivity (Wildman–Crippen MR) is 119 cm³/mol. The topological polar surface area (TPSA) is 89.3 Å². The highest BCUT2D eigenvalue weighted by Gasteiger charge is 2.27. The van der Waals surface area contributed by atoms with E-state index in [2.05, 4.69) is 26.2 Å². The van der Waals surface area contributed by atoms with Crippen molar-refractivity contribution in [2.75, 3.05) is 31.3 Å². The van der Waals surface area contributed by atoms with Crippen molar-refractivity contribution in [3.8, 4) is 5.69 Å². The van der Waals surface area contributed by atoms with Gasteiger partial charge in [0.1, 0.15) is 5.82 Å². The van der Waals surface area contributed by atoms with E-state index in [1.807, 2.05) is 36.9 Å². The average molecular weight is 434 g/mol. The molecule has 9 heteroatoms. The first-order chi connectivity index (χ1) is 15.6. The Balaban J connectivity index is 1.40. The van der Waals surface area contributed by atoms with E-state index in [0.717, 1.165) is 11.5 Å². The van der Waals surface area contributed by atoms with Crippen LogP contribution >= 0.6 is 0 Å². The number of carbonyl (C=O) groups is 1. The van der Waals surface area contributed by atoms with Crippen LogP contribution < -0.4 is 5.06 Å². The van der Waals surface area contributed by atoms with E-state index in [9.17, 15) is 4.79 Å². The molecule has 166 valence electrons. The van der Waals surface area contributed by atoms with Gasteiger partial charge in [-0.3, -0.25) is 9.63 Å². The minimum atomic E-state index is -0.0287. The van der Waals surface area contributed by atoms with Crippen LogP contribution in [0.5, 0.6) is 0 Å². The number of hydrogen-bond acceptors (Lipinski definition) is 7. The quantitative estimate of drug-likeness (QED) is 0.625. The van der Waals surface area contributed by atoms with Gasteiger partial charge in [0.2, 0.25) is 0 Å². The molecule has 1 saturated heterocycles. The Kier molecular flexibility index (Phi) is 5.57. The third-order valence-electron chi connectivity index (χ3n) is 6.14. The summed E-state index contributed by atoms with van der Waals surface area (Å²) in [6.07, 6.45) is 6.85. The van der Waals surface area contributed by atoms with E-state index >= 15 is 0 Å². The van der Waals surface area contributed by atoms with Crippen LogP contribution in [0.1, 0.15) is 52.6 Å². The van der Waals surface area contributed by atoms with Crippen LogP contribution in [0.15, 0.2) is 36.7 Å². The Morgan fingerprint density at radius 1 is 1.03 bits per heavy atom. The van der Waals surface area contributed by atoms with E-state index in [1.165, 1.54) is 29.6 Å². The number of hydrogen-bond donors (Lipinski definition) is 0. The summed E-state index contributed by atoms with van der Waals surface area (Å²) in [5.74, 6) is 1.93. The predicted octanol–water partition coefficient (Wildman–Crippen LogP) is 2.84. The molecule has 5 rings (SSSR count). The normalized spacial score (nSPS) is 17.2. The highest BCUT2D eigenvalue weighted by atomic mass is 16.7. The zero-order chi connectivity index (χ0) is 22.1. The maximum absolute atomic E-state index is 13.7. The van der Waals surface area contributed by atoms with Gasteiger partial charge < -0.3 is 4.90 Å². The van der Waals surface area contributed by atoms with Gasteiger partial charge in [-0.1, -0.05) is 12.5 Å². The number of anilines is 1. The van der Waals surface area contributed by atoms with Crippen molar-refractivity contribution in [2.24, 2.45) is 0 Å². The lowest BCUT2D eigenvalue weighted by Gasteiger charge is -2.27. The second-order valence-corrected chi connectivity index (χ2v) is 8.37. The van der Waals surface area contributed by atoms with Gasteiger partial charge in [0, 0.05) is 24.8 Å². The summed E-state index contributed by atoms with van der Waals surface area (Å²) in [4.78, 5) is 31.8. The van der Waals surface area contributed by atoms with Crippen molar-refractivity contribution in [1.29, 1.82) is 0 Å². The second-order valence-electron chi connectivity index (χ2n) is 8.37. The monoisotopic (exact) mass is 433 g/mol. The summed E-state index contributed by atoms with van der Waals surface area (Å²) in [7, 11) is 0. The molecule has 0 atom stereocenters. The maximum atomic E-state index is 13.7. The zero-order valence-electron chi connectivity index (χ0n) is 18.4. The van der Waals surface area contributed by atoms with Gasteiger partial charge in [0.25, 0.3) is 5.91 Å². The molecule has 2 aromatic heterocycles. The van der Waals surface area contributed by atoms with Crippen molar-refractivity contribution >= 4 is 11.7 Å². The maximum Gasteiger partial charge on any atom is 0.256 e. The molecule has 3 aromatic rings. The molecule has 0 radical (unpaired) electrons. The van der Waals surface area contributed by atoms with E-state index in [0.29, 0.717) is 49.2 Å². The lowest BCUT2D eigenvalue weighted by molar-refractivity contribution is 0.0729. The van der Waals surface area contributed by atoms with Gasteiger partial charge in [-0.05, 0) is 50.3 Å². The molecule has 1 aliphatic heterocycles. The molecule has 2 aliphatic rings. The van der Waals surface area contributed by atoms with Gasteiger partial charge in [-0.2, -0.15) is 15.0 Å². The van der Waals surface area contributed by atoms with Gasteiger partial charge in [0.05, 0.1) is 36.8 Å². The molecule has 1 amide bonds. The SMILES string of the molecule is Cc1cc(N2CCN(C(=O)c3cc(C4CCC4)ccc3-n3nccn3)CCO2)nc(C)n1. The second kappa shape index (κ2) is 8.66. The highest BCUT2D eigenvalue weighted by molar-refractivity contribution is 5.98. The van der Waals surface area contributed by atoms with Crippen LogP contribution in [0.2, 0.25) is 0 Å². The third-order valence-corrected chi connectivity index (χ3v) is 6.14. The summed E-state index contributed by atoms with van der Waals surface area (Å²) >= 11 is 0. The van der Waals surface area contributed by atoms with Gasteiger partial charge in [0.15, 0.2) is 5.82 Å². The fraction of sp³-hybridized carbons (Fsp3) is 0.435. The molecular formula is C23H27N7O2. The molecule has 1 saturated carbocycles. The summed E-state index contributed by atoms with van der Waals surface area (Å²) in [6.45, 7) is 5.75. The Hall–Kier alpha value is -3.33. The molecule has 0 bridgehead atoms. The van der Waals surface area contributed by atoms with Crippen LogP contribution in [0.4, 0.5) is 5.82 Å². The minimum Gasteiger partial charge on any atom is -0.334 e. The Morgan fingerprint density at radius 2 is 1.84 bits per heavy atom. The first-order valence-corrected chi connectivity index (χ1v) is 11.1. The zero-order valence-corrected chi connectivity index (χ0v) is 18.4. The average Bonchev–Trinajstić information content (AvgIpc) is 3.15. The van der Waals surface area contributed by atoms with Crippen molar-refractivity contribution in [3.05, 3.63) is 59.3 Å². The van der Waals surface area contributed by atoms with Gasteiger partial charge in [-0.15, -0.1) is 0 Å². The third kappa shape index (κ3) is 4.08. The molecule has 0 spiro atoms. The first-order valence-electron chi connectivity index (χ1n) is 11.1. The number of aromatic nitrogens is 5. The van der Waals surface area contributed by atoms with Crippen molar-refractivity contribution in [3.63, 3.8) is 0 Å². The number of benzene rings is 1. The fourth-order valence-electron chi connectivity index (χ4n) is 4.26. The van der Waals surface area contributed by atoms with E-state index in [-0.39, 0.29) is 5.91 Å². The molecular weight excluding hydrogens is 406 g/mol. The molecule has 1 aliphatic carbocycles. The minimum absolute atomic E-state index is 0.0287. The van der Waals surface area contributed by atoms with Crippen LogP contribution in [0, 0.1) is 13.8 Å². The largest absolute Gasteiger partial charge is 0.334 e. The Labute approximate surface area is 187 Å². The molecule has 32 heavy (non-hydrogen) atoms. The molecule has 0 unspecified atom stereocenters. The van der Waals surface area contributed by atoms with Crippen LogP contribution in [-0.2, 0) is 4.84 Å². The lowest BCUT2D eigenvalue weighted by atomic mass is 9.79. The van der Waals surface area contributed by atoms with Crippen molar-refractivity contribution < 1.29 is 9.63 Å². The molecule has 3 heterocycles. The van der Waals surface area contributed by atoms with Crippen molar-refractivity contribution in [1.82, 2.24) is 29.9 Å². The Morgan fingerprint density at radius 3 is 2.56 bits per heavy atom. The molecule has 9 nitrogen and oxygen atoms in total.